The Morgan fingerprint density at radius 1 is 1.00 bits per heavy atom. The average molecular weight is 348 g/mol. The third-order valence-electron chi connectivity index (χ3n) is 3.99. The molecule has 0 aliphatic heterocycles. The van der Waals surface area contributed by atoms with Crippen LogP contribution in [0.25, 0.3) is 5.69 Å². The zero-order valence-electron chi connectivity index (χ0n) is 14.6. The number of aryl methyl sites for hydroxylation is 1. The fourth-order valence-electron chi connectivity index (χ4n) is 2.49. The second kappa shape index (κ2) is 8.25. The summed E-state index contributed by atoms with van der Waals surface area (Å²) in [6.07, 6.45) is 3.70. The van der Waals surface area contributed by atoms with Crippen LogP contribution >= 0.6 is 0 Å². The zero-order valence-corrected chi connectivity index (χ0v) is 14.6. The van der Waals surface area contributed by atoms with Gasteiger partial charge in [0.05, 0.1) is 18.3 Å². The van der Waals surface area contributed by atoms with Gasteiger partial charge in [-0.1, -0.05) is 48.0 Å². The van der Waals surface area contributed by atoms with Crippen LogP contribution in [-0.2, 0) is 16.1 Å². The van der Waals surface area contributed by atoms with Gasteiger partial charge in [-0.25, -0.2) is 4.68 Å². The van der Waals surface area contributed by atoms with Crippen LogP contribution in [0.5, 0.6) is 0 Å². The van der Waals surface area contributed by atoms with E-state index in [9.17, 15) is 9.59 Å². The predicted molar refractivity (Wildman–Crippen MR) is 98.1 cm³/mol. The lowest BCUT2D eigenvalue weighted by Crippen LogP contribution is -2.08. The lowest BCUT2D eigenvalue weighted by atomic mass is 10.1. The number of rotatable bonds is 7. The van der Waals surface area contributed by atoms with Crippen molar-refractivity contribution in [3.8, 4) is 5.69 Å². The number of hydrogen-bond acceptors (Lipinski definition) is 4. The summed E-state index contributed by atoms with van der Waals surface area (Å²) >= 11 is 0. The number of Topliss-reactive ketones (excluding diaryl/α,β-unsaturated/α-hetero) is 1. The van der Waals surface area contributed by atoms with Crippen molar-refractivity contribution in [1.82, 2.24) is 9.78 Å². The molecule has 26 heavy (non-hydrogen) atoms. The quantitative estimate of drug-likeness (QED) is 0.480. The van der Waals surface area contributed by atoms with Gasteiger partial charge < -0.3 is 4.74 Å². The highest BCUT2D eigenvalue weighted by Gasteiger charge is 2.11. The van der Waals surface area contributed by atoms with Crippen molar-refractivity contribution in [3.05, 3.63) is 83.7 Å². The van der Waals surface area contributed by atoms with Gasteiger partial charge in [-0.2, -0.15) is 5.10 Å². The Labute approximate surface area is 152 Å². The molecule has 0 bridgehead atoms. The molecule has 0 aliphatic carbocycles. The number of hydrogen-bond donors (Lipinski definition) is 0. The maximum absolute atomic E-state index is 12.1. The minimum atomic E-state index is -0.391. The van der Waals surface area contributed by atoms with Crippen LogP contribution in [0.2, 0.25) is 0 Å². The van der Waals surface area contributed by atoms with Crippen molar-refractivity contribution in [2.75, 3.05) is 0 Å². The van der Waals surface area contributed by atoms with E-state index in [-0.39, 0.29) is 25.2 Å². The second-order valence-electron chi connectivity index (χ2n) is 6.08. The maximum atomic E-state index is 12.1. The Morgan fingerprint density at radius 3 is 2.46 bits per heavy atom. The number of nitrogens with zero attached hydrogens (tertiary/aromatic N) is 2. The topological polar surface area (TPSA) is 61.2 Å². The minimum Gasteiger partial charge on any atom is -0.461 e. The Bertz CT molecular complexity index is 883. The van der Waals surface area contributed by atoms with E-state index in [1.807, 2.05) is 55.6 Å². The first kappa shape index (κ1) is 17.6. The Balaban J connectivity index is 1.46. The van der Waals surface area contributed by atoms with Gasteiger partial charge >= 0.3 is 5.97 Å². The highest BCUT2D eigenvalue weighted by Crippen LogP contribution is 2.11. The van der Waals surface area contributed by atoms with E-state index >= 15 is 0 Å². The Morgan fingerprint density at radius 2 is 1.73 bits per heavy atom. The molecule has 1 aromatic heterocycles. The number of esters is 1. The number of benzene rings is 2. The van der Waals surface area contributed by atoms with Crippen LogP contribution in [-0.4, -0.2) is 21.5 Å². The standard InChI is InChI=1S/C21H20N2O3/c1-16-7-9-18(10-8-16)20(24)11-12-21(25)26-15-17-13-22-23(14-17)19-5-3-2-4-6-19/h2-10,13-14H,11-12,15H2,1H3. The molecule has 3 rings (SSSR count). The van der Waals surface area contributed by atoms with Crippen LogP contribution in [0.3, 0.4) is 0 Å². The summed E-state index contributed by atoms with van der Waals surface area (Å²) in [5, 5.41) is 4.26. The van der Waals surface area contributed by atoms with E-state index in [1.54, 1.807) is 23.0 Å². The Kier molecular flexibility index (Phi) is 5.59. The van der Waals surface area contributed by atoms with Crippen molar-refractivity contribution >= 4 is 11.8 Å². The SMILES string of the molecule is Cc1ccc(C(=O)CCC(=O)OCc2cnn(-c3ccccc3)c2)cc1. The first-order valence-electron chi connectivity index (χ1n) is 8.46. The van der Waals surface area contributed by atoms with Crippen molar-refractivity contribution < 1.29 is 14.3 Å². The number of ketones is 1. The third kappa shape index (κ3) is 4.66. The first-order chi connectivity index (χ1) is 12.6. The van der Waals surface area contributed by atoms with Crippen molar-refractivity contribution in [2.24, 2.45) is 0 Å². The largest absolute Gasteiger partial charge is 0.461 e. The highest BCUT2D eigenvalue weighted by molar-refractivity contribution is 5.97. The van der Waals surface area contributed by atoms with Gasteiger partial charge in [0.1, 0.15) is 6.61 Å². The summed E-state index contributed by atoms with van der Waals surface area (Å²) < 4.78 is 6.96. The lowest BCUT2D eigenvalue weighted by molar-refractivity contribution is -0.144. The van der Waals surface area contributed by atoms with Crippen molar-refractivity contribution in [1.29, 1.82) is 0 Å². The molecule has 0 spiro atoms. The van der Waals surface area contributed by atoms with Gasteiger partial charge in [0.25, 0.3) is 0 Å². The van der Waals surface area contributed by atoms with E-state index in [0.29, 0.717) is 5.56 Å². The zero-order chi connectivity index (χ0) is 18.4. The fraction of sp³-hybridized carbons (Fsp3) is 0.190. The van der Waals surface area contributed by atoms with Gasteiger partial charge in [0.2, 0.25) is 0 Å². The predicted octanol–water partition coefficient (Wildman–Crippen LogP) is 3.89. The molecular weight excluding hydrogens is 328 g/mol. The Hall–Kier alpha value is -3.21. The molecule has 132 valence electrons. The second-order valence-corrected chi connectivity index (χ2v) is 6.08. The molecule has 5 heteroatoms. The number of aromatic nitrogens is 2. The molecule has 0 radical (unpaired) electrons. The summed E-state index contributed by atoms with van der Waals surface area (Å²) in [6, 6.07) is 17.0. The van der Waals surface area contributed by atoms with E-state index in [4.69, 9.17) is 4.74 Å². The van der Waals surface area contributed by atoms with Gasteiger partial charge in [-0.05, 0) is 19.1 Å². The fourth-order valence-corrected chi connectivity index (χ4v) is 2.49. The third-order valence-corrected chi connectivity index (χ3v) is 3.99. The van der Waals surface area contributed by atoms with Crippen LogP contribution in [0.1, 0.15) is 34.3 Å². The van der Waals surface area contributed by atoms with E-state index in [2.05, 4.69) is 5.10 Å². The van der Waals surface area contributed by atoms with E-state index in [1.165, 1.54) is 0 Å². The minimum absolute atomic E-state index is 0.0566. The molecule has 0 saturated heterocycles. The van der Waals surface area contributed by atoms with Gasteiger partial charge in [-0.15, -0.1) is 0 Å². The summed E-state index contributed by atoms with van der Waals surface area (Å²) in [5.74, 6) is -0.447. The van der Waals surface area contributed by atoms with Gasteiger partial charge in [-0.3, -0.25) is 9.59 Å². The van der Waals surface area contributed by atoms with Crippen molar-refractivity contribution in [3.63, 3.8) is 0 Å². The summed E-state index contributed by atoms with van der Waals surface area (Å²) in [5.41, 5.74) is 3.45. The number of carbonyl (C=O) groups excluding carboxylic acids is 2. The summed E-state index contributed by atoms with van der Waals surface area (Å²) in [4.78, 5) is 24.0. The molecule has 0 amide bonds. The van der Waals surface area contributed by atoms with E-state index in [0.717, 1.165) is 16.8 Å². The molecular formula is C21H20N2O3. The van der Waals surface area contributed by atoms with Crippen LogP contribution in [0.15, 0.2) is 67.0 Å². The van der Waals surface area contributed by atoms with Gasteiger partial charge in [0.15, 0.2) is 5.78 Å². The summed E-state index contributed by atoms with van der Waals surface area (Å²) in [6.45, 7) is 2.11. The normalized spacial score (nSPS) is 10.5. The molecule has 0 unspecified atom stereocenters. The highest BCUT2D eigenvalue weighted by atomic mass is 16.5. The summed E-state index contributed by atoms with van der Waals surface area (Å²) in [7, 11) is 0. The maximum Gasteiger partial charge on any atom is 0.306 e. The number of para-hydroxylation sites is 1. The average Bonchev–Trinajstić information content (AvgIpc) is 3.15. The molecule has 0 aliphatic rings. The number of carbonyl (C=O) groups is 2. The van der Waals surface area contributed by atoms with Crippen molar-refractivity contribution in [2.45, 2.75) is 26.4 Å². The lowest BCUT2D eigenvalue weighted by Gasteiger charge is -2.04. The monoisotopic (exact) mass is 348 g/mol. The van der Waals surface area contributed by atoms with Crippen LogP contribution < -0.4 is 0 Å². The smallest absolute Gasteiger partial charge is 0.306 e. The molecule has 3 aromatic rings. The van der Waals surface area contributed by atoms with Crippen LogP contribution in [0.4, 0.5) is 0 Å². The molecule has 0 saturated carbocycles. The molecule has 0 atom stereocenters. The van der Waals surface area contributed by atoms with E-state index < -0.39 is 5.97 Å². The van der Waals surface area contributed by atoms with Crippen LogP contribution in [0, 0.1) is 6.92 Å². The molecule has 0 N–H and O–H groups in total. The molecule has 1 heterocycles. The molecule has 2 aromatic carbocycles. The first-order valence-corrected chi connectivity index (χ1v) is 8.46. The van der Waals surface area contributed by atoms with Gasteiger partial charge in [0, 0.05) is 23.7 Å². The number of ether oxygens (including phenoxy) is 1. The molecule has 0 fully saturated rings. The molecule has 5 nitrogen and oxygen atoms in total.